The first-order chi connectivity index (χ1) is 16.2. The fourth-order valence-electron chi connectivity index (χ4n) is 5.32. The number of carbonyl (C=O) groups excluding carboxylic acids is 1. The third-order valence-electron chi connectivity index (χ3n) is 7.19. The van der Waals surface area contributed by atoms with Crippen molar-refractivity contribution in [1.29, 1.82) is 0 Å². The average molecular weight is 485 g/mol. The summed E-state index contributed by atoms with van der Waals surface area (Å²) in [6.45, 7) is 5.18. The van der Waals surface area contributed by atoms with Gasteiger partial charge >= 0.3 is 0 Å². The molecule has 2 aliphatic rings. The minimum atomic E-state index is -0.323. The van der Waals surface area contributed by atoms with Crippen LogP contribution in [0.4, 0.5) is 5.69 Å². The summed E-state index contributed by atoms with van der Waals surface area (Å²) in [7, 11) is 5.87. The smallest absolute Gasteiger partial charge is 0.283 e. The Kier molecular flexibility index (Phi) is 7.09. The fraction of sp³-hybridized carbons (Fsp3) is 0.520. The highest BCUT2D eigenvalue weighted by Gasteiger charge is 2.53. The number of hydrogen-bond acceptors (Lipinski definition) is 7. The predicted octanol–water partition coefficient (Wildman–Crippen LogP) is 2.97. The third-order valence-corrected chi connectivity index (χ3v) is 7.60. The fourth-order valence-corrected chi connectivity index (χ4v) is 5.51. The van der Waals surface area contributed by atoms with Crippen molar-refractivity contribution in [3.05, 3.63) is 56.0 Å². The van der Waals surface area contributed by atoms with Crippen LogP contribution >= 0.6 is 11.6 Å². The highest BCUT2D eigenvalue weighted by atomic mass is 35.5. The normalized spacial score (nSPS) is 17.6. The molecular formula is C25H33ClN6O2. The Balaban J connectivity index is 1.32. The number of likely N-dealkylation sites (tertiary alicyclic amines) is 1. The van der Waals surface area contributed by atoms with Gasteiger partial charge in [-0.3, -0.25) is 9.59 Å². The van der Waals surface area contributed by atoms with Crippen LogP contribution in [0.15, 0.2) is 28.2 Å². The zero-order chi connectivity index (χ0) is 24.5. The Morgan fingerprint density at radius 3 is 2.68 bits per heavy atom. The zero-order valence-electron chi connectivity index (χ0n) is 20.3. The molecule has 0 radical (unpaired) electrons. The lowest BCUT2D eigenvalue weighted by atomic mass is 9.60. The monoisotopic (exact) mass is 484 g/mol. The van der Waals surface area contributed by atoms with Gasteiger partial charge in [-0.25, -0.2) is 5.10 Å². The molecular weight excluding hydrogens is 452 g/mol. The van der Waals surface area contributed by atoms with E-state index in [9.17, 15) is 9.59 Å². The van der Waals surface area contributed by atoms with Gasteiger partial charge in [0.05, 0.1) is 12.4 Å². The number of carbonyl (C=O) groups is 1. The maximum absolute atomic E-state index is 11.8. The molecule has 182 valence electrons. The Labute approximate surface area is 205 Å². The SMILES string of the molecule is Cc1ccc(N(C)C2CC3(C2)CN(CCCc2cn[nH]c(=O)c2Cl)C3)c(/C=N\N(C)C)c1C=O. The van der Waals surface area contributed by atoms with Crippen LogP contribution in [0.1, 0.15) is 46.3 Å². The van der Waals surface area contributed by atoms with Crippen LogP contribution in [-0.4, -0.2) is 79.4 Å². The van der Waals surface area contributed by atoms with Gasteiger partial charge in [0.25, 0.3) is 5.56 Å². The molecule has 8 nitrogen and oxygen atoms in total. The number of nitrogens with zero attached hydrogens (tertiary/aromatic N) is 5. The van der Waals surface area contributed by atoms with E-state index in [0.29, 0.717) is 17.0 Å². The first kappa shape index (κ1) is 24.4. The number of halogens is 1. The Bertz CT molecular complexity index is 1130. The average Bonchev–Trinajstić information content (AvgIpc) is 2.74. The number of aromatic nitrogens is 2. The lowest BCUT2D eigenvalue weighted by Gasteiger charge is -2.61. The molecule has 2 aromatic rings. The quantitative estimate of drug-likeness (QED) is 0.334. The van der Waals surface area contributed by atoms with Crippen LogP contribution < -0.4 is 10.5 Å². The zero-order valence-corrected chi connectivity index (χ0v) is 21.1. The number of H-pyrrole nitrogens is 1. The molecule has 2 fully saturated rings. The van der Waals surface area contributed by atoms with Gasteiger partial charge in [-0.05, 0) is 61.8 Å². The number of aldehydes is 1. The van der Waals surface area contributed by atoms with Crippen molar-refractivity contribution in [3.8, 4) is 0 Å². The number of aryl methyl sites for hydroxylation is 2. The van der Waals surface area contributed by atoms with E-state index in [-0.39, 0.29) is 10.6 Å². The number of benzene rings is 1. The number of hydrazone groups is 1. The first-order valence-electron chi connectivity index (χ1n) is 11.7. The van der Waals surface area contributed by atoms with Gasteiger partial charge in [0, 0.05) is 57.1 Å². The third kappa shape index (κ3) is 4.88. The van der Waals surface area contributed by atoms with Gasteiger partial charge in [-0.2, -0.15) is 10.2 Å². The molecule has 1 saturated heterocycles. The predicted molar refractivity (Wildman–Crippen MR) is 136 cm³/mol. The molecule has 34 heavy (non-hydrogen) atoms. The highest BCUT2D eigenvalue weighted by molar-refractivity contribution is 6.31. The van der Waals surface area contributed by atoms with Crippen molar-refractivity contribution < 1.29 is 4.79 Å². The van der Waals surface area contributed by atoms with E-state index in [1.807, 2.05) is 27.1 Å². The maximum atomic E-state index is 11.8. The van der Waals surface area contributed by atoms with E-state index in [4.69, 9.17) is 11.6 Å². The molecule has 2 heterocycles. The summed E-state index contributed by atoms with van der Waals surface area (Å²) < 4.78 is 0. The molecule has 1 aliphatic heterocycles. The molecule has 1 saturated carbocycles. The van der Waals surface area contributed by atoms with Gasteiger partial charge in [-0.1, -0.05) is 17.7 Å². The van der Waals surface area contributed by atoms with Crippen molar-refractivity contribution in [3.63, 3.8) is 0 Å². The second-order valence-electron chi connectivity index (χ2n) is 9.96. The molecule has 1 aliphatic carbocycles. The van der Waals surface area contributed by atoms with Crippen LogP contribution in [0, 0.1) is 12.3 Å². The van der Waals surface area contributed by atoms with E-state index in [1.54, 1.807) is 17.4 Å². The summed E-state index contributed by atoms with van der Waals surface area (Å²) in [6.07, 6.45) is 8.39. The lowest BCUT2D eigenvalue weighted by Crippen LogP contribution is -2.66. The molecule has 1 aromatic heterocycles. The van der Waals surface area contributed by atoms with E-state index in [1.165, 1.54) is 0 Å². The van der Waals surface area contributed by atoms with Crippen LogP contribution in [0.2, 0.25) is 5.02 Å². The topological polar surface area (TPSA) is 84.9 Å². The van der Waals surface area contributed by atoms with Gasteiger partial charge in [0.2, 0.25) is 0 Å². The summed E-state index contributed by atoms with van der Waals surface area (Å²) in [4.78, 5) is 28.2. The second-order valence-corrected chi connectivity index (χ2v) is 10.3. The Morgan fingerprint density at radius 1 is 1.26 bits per heavy atom. The van der Waals surface area contributed by atoms with E-state index >= 15 is 0 Å². The number of aromatic amines is 1. The first-order valence-corrected chi connectivity index (χ1v) is 12.1. The van der Waals surface area contributed by atoms with E-state index in [0.717, 1.165) is 74.0 Å². The minimum absolute atomic E-state index is 0.254. The largest absolute Gasteiger partial charge is 0.371 e. The van der Waals surface area contributed by atoms with Crippen LogP contribution in [0.25, 0.3) is 0 Å². The second kappa shape index (κ2) is 9.88. The van der Waals surface area contributed by atoms with Crippen molar-refractivity contribution >= 4 is 29.8 Å². The molecule has 9 heteroatoms. The molecule has 4 rings (SSSR count). The van der Waals surface area contributed by atoms with Gasteiger partial charge < -0.3 is 14.8 Å². The Hall–Kier alpha value is -2.71. The van der Waals surface area contributed by atoms with Crippen molar-refractivity contribution in [2.24, 2.45) is 10.5 Å². The van der Waals surface area contributed by atoms with Crippen LogP contribution in [0.5, 0.6) is 0 Å². The van der Waals surface area contributed by atoms with Gasteiger partial charge in [0.1, 0.15) is 5.02 Å². The lowest BCUT2D eigenvalue weighted by molar-refractivity contribution is -0.0715. The van der Waals surface area contributed by atoms with E-state index in [2.05, 4.69) is 38.2 Å². The number of rotatable bonds is 9. The summed E-state index contributed by atoms with van der Waals surface area (Å²) in [5.74, 6) is 0. The summed E-state index contributed by atoms with van der Waals surface area (Å²) in [5.41, 5.74) is 4.49. The van der Waals surface area contributed by atoms with Crippen LogP contribution in [0.3, 0.4) is 0 Å². The summed E-state index contributed by atoms with van der Waals surface area (Å²) >= 11 is 6.07. The van der Waals surface area contributed by atoms with Crippen molar-refractivity contribution in [1.82, 2.24) is 20.1 Å². The number of anilines is 1. The standard InChI is InChI=1S/C25H33ClN6O2/c1-17-7-8-22(20(21(17)14-33)13-28-30(2)3)31(4)19-10-25(11-19)15-32(16-25)9-5-6-18-12-27-29-24(34)23(18)26/h7-8,12-14,19H,5-6,9-11,15-16H2,1-4H3,(H,29,34)/b28-13-. The van der Waals surface area contributed by atoms with Crippen molar-refractivity contribution in [2.75, 3.05) is 45.7 Å². The van der Waals surface area contributed by atoms with Crippen LogP contribution in [-0.2, 0) is 6.42 Å². The molecule has 1 spiro atoms. The molecule has 0 unspecified atom stereocenters. The van der Waals surface area contributed by atoms with Gasteiger partial charge in [0.15, 0.2) is 6.29 Å². The van der Waals surface area contributed by atoms with E-state index < -0.39 is 0 Å². The Morgan fingerprint density at radius 2 is 2.00 bits per heavy atom. The molecule has 1 aromatic carbocycles. The van der Waals surface area contributed by atoms with Gasteiger partial charge in [-0.15, -0.1) is 0 Å². The summed E-state index contributed by atoms with van der Waals surface area (Å²) in [6, 6.07) is 4.58. The summed E-state index contributed by atoms with van der Waals surface area (Å²) in [5, 5.41) is 12.6. The molecule has 0 bridgehead atoms. The van der Waals surface area contributed by atoms with Crippen molar-refractivity contribution in [2.45, 2.75) is 38.6 Å². The number of nitrogens with one attached hydrogen (secondary N) is 1. The molecule has 0 amide bonds. The highest BCUT2D eigenvalue weighted by Crippen LogP contribution is 2.51. The molecule has 1 N–H and O–H groups in total. The maximum Gasteiger partial charge on any atom is 0.283 e. The number of hydrogen-bond donors (Lipinski definition) is 1. The molecule has 0 atom stereocenters. The minimum Gasteiger partial charge on any atom is -0.371 e.